The van der Waals surface area contributed by atoms with E-state index >= 15 is 0 Å². The first-order valence-corrected chi connectivity index (χ1v) is 4.14. The summed E-state index contributed by atoms with van der Waals surface area (Å²) < 4.78 is 0. The molecule has 2 rings (SSSR count). The number of halogens is 1. The lowest BCUT2D eigenvalue weighted by Crippen LogP contribution is -2.20. The molecule has 0 saturated heterocycles. The van der Waals surface area contributed by atoms with Gasteiger partial charge >= 0.3 is 0 Å². The molecule has 0 fully saturated rings. The van der Waals surface area contributed by atoms with Crippen LogP contribution in [0.1, 0.15) is 5.69 Å². The number of nitrogens with one attached hydrogen (secondary N) is 1. The average Bonchev–Trinajstić information content (AvgIpc) is 2.58. The van der Waals surface area contributed by atoms with Crippen molar-refractivity contribution in [1.29, 1.82) is 0 Å². The van der Waals surface area contributed by atoms with Crippen molar-refractivity contribution in [1.82, 2.24) is 10.3 Å². The molecule has 0 spiro atoms. The second-order valence-corrected chi connectivity index (χ2v) is 2.96. The summed E-state index contributed by atoms with van der Waals surface area (Å²) in [6, 6.07) is 3.67. The number of hydrogen-bond acceptors (Lipinski definition) is 3. The Labute approximate surface area is 75.5 Å². The number of pyridine rings is 1. The predicted molar refractivity (Wildman–Crippen MR) is 48.7 cm³/mol. The molecule has 0 aromatic carbocycles. The third kappa shape index (κ3) is 1.41. The van der Waals surface area contributed by atoms with Crippen LogP contribution in [0.4, 0.5) is 0 Å². The van der Waals surface area contributed by atoms with Crippen LogP contribution < -0.4 is 5.32 Å². The van der Waals surface area contributed by atoms with Gasteiger partial charge in [0.15, 0.2) is 0 Å². The van der Waals surface area contributed by atoms with Gasteiger partial charge in [0, 0.05) is 12.7 Å². The number of aromatic nitrogens is 1. The summed E-state index contributed by atoms with van der Waals surface area (Å²) in [6.07, 6.45) is 1.62. The fraction of sp³-hybridized carbons (Fsp3) is 0.250. The zero-order chi connectivity index (χ0) is 8.39. The van der Waals surface area contributed by atoms with Crippen LogP contribution in [-0.4, -0.2) is 23.9 Å². The van der Waals surface area contributed by atoms with E-state index in [1.165, 1.54) is 0 Å². The summed E-state index contributed by atoms with van der Waals surface area (Å²) in [6.45, 7) is 1.74. The highest BCUT2D eigenvalue weighted by Gasteiger charge is 2.07. The molecule has 62 valence electrons. The van der Waals surface area contributed by atoms with Gasteiger partial charge in [0.1, 0.15) is 11.5 Å². The second-order valence-electron chi connectivity index (χ2n) is 2.52. The van der Waals surface area contributed by atoms with Crippen LogP contribution in [0.2, 0.25) is 5.02 Å². The molecule has 1 aliphatic heterocycles. The van der Waals surface area contributed by atoms with Crippen molar-refractivity contribution in [2.75, 3.05) is 13.1 Å². The highest BCUT2D eigenvalue weighted by atomic mass is 35.5. The molecular formula is C8H8ClN3. The predicted octanol–water partition coefficient (Wildman–Crippen LogP) is 1.08. The smallest absolute Gasteiger partial charge is 0.147 e. The first kappa shape index (κ1) is 7.55. The van der Waals surface area contributed by atoms with Gasteiger partial charge < -0.3 is 5.32 Å². The Morgan fingerprint density at radius 3 is 2.92 bits per heavy atom. The molecule has 0 atom stereocenters. The standard InChI is InChI=1S/C8H8ClN3/c9-6-1-2-7(12-5-6)8-10-3-4-11-8/h1-2,5H,3-4H2,(H,10,11). The van der Waals surface area contributed by atoms with Crippen molar-refractivity contribution in [2.24, 2.45) is 4.99 Å². The topological polar surface area (TPSA) is 37.3 Å². The van der Waals surface area contributed by atoms with Crippen LogP contribution in [0.25, 0.3) is 0 Å². The molecule has 1 aromatic heterocycles. The number of nitrogens with zero attached hydrogens (tertiary/aromatic N) is 2. The second kappa shape index (κ2) is 3.11. The molecule has 0 amide bonds. The minimum absolute atomic E-state index is 0.650. The first-order valence-electron chi connectivity index (χ1n) is 3.76. The van der Waals surface area contributed by atoms with Gasteiger partial charge in [-0.2, -0.15) is 0 Å². The molecule has 1 N–H and O–H groups in total. The van der Waals surface area contributed by atoms with Gasteiger partial charge in [-0.1, -0.05) is 11.6 Å². The highest BCUT2D eigenvalue weighted by Crippen LogP contribution is 2.07. The highest BCUT2D eigenvalue weighted by molar-refractivity contribution is 6.30. The van der Waals surface area contributed by atoms with E-state index in [0.29, 0.717) is 5.02 Å². The molecule has 4 heteroatoms. The lowest BCUT2D eigenvalue weighted by Gasteiger charge is -1.99. The minimum atomic E-state index is 0.650. The van der Waals surface area contributed by atoms with Gasteiger partial charge in [0.05, 0.1) is 11.6 Å². The maximum absolute atomic E-state index is 5.70. The Hall–Kier alpha value is -1.09. The quantitative estimate of drug-likeness (QED) is 0.704. The fourth-order valence-corrected chi connectivity index (χ4v) is 1.20. The van der Waals surface area contributed by atoms with Crippen LogP contribution in [0.3, 0.4) is 0 Å². The van der Waals surface area contributed by atoms with Gasteiger partial charge in [-0.15, -0.1) is 0 Å². The van der Waals surface area contributed by atoms with Crippen LogP contribution in [0.5, 0.6) is 0 Å². The minimum Gasteiger partial charge on any atom is -0.367 e. The lowest BCUT2D eigenvalue weighted by molar-refractivity contribution is 0.958. The van der Waals surface area contributed by atoms with E-state index in [1.54, 1.807) is 6.20 Å². The van der Waals surface area contributed by atoms with E-state index in [1.807, 2.05) is 12.1 Å². The van der Waals surface area contributed by atoms with Crippen molar-refractivity contribution in [3.05, 3.63) is 29.0 Å². The van der Waals surface area contributed by atoms with Crippen molar-refractivity contribution in [2.45, 2.75) is 0 Å². The molecule has 0 saturated carbocycles. The normalized spacial score (nSPS) is 15.6. The van der Waals surface area contributed by atoms with E-state index < -0.39 is 0 Å². The molecule has 1 aliphatic rings. The van der Waals surface area contributed by atoms with E-state index in [0.717, 1.165) is 24.6 Å². The van der Waals surface area contributed by atoms with Crippen LogP contribution >= 0.6 is 11.6 Å². The Balaban J connectivity index is 2.28. The third-order valence-electron chi connectivity index (χ3n) is 1.64. The fourth-order valence-electron chi connectivity index (χ4n) is 1.09. The van der Waals surface area contributed by atoms with Crippen LogP contribution in [0.15, 0.2) is 23.3 Å². The summed E-state index contributed by atoms with van der Waals surface area (Å²) in [4.78, 5) is 8.37. The molecule has 12 heavy (non-hydrogen) atoms. The van der Waals surface area contributed by atoms with Crippen LogP contribution in [-0.2, 0) is 0 Å². The van der Waals surface area contributed by atoms with Gasteiger partial charge in [-0.05, 0) is 12.1 Å². The summed E-state index contributed by atoms with van der Waals surface area (Å²) in [5.41, 5.74) is 0.858. The van der Waals surface area contributed by atoms with E-state index in [-0.39, 0.29) is 0 Å². The first-order chi connectivity index (χ1) is 5.86. The van der Waals surface area contributed by atoms with Crippen molar-refractivity contribution >= 4 is 17.4 Å². The average molecular weight is 182 g/mol. The lowest BCUT2D eigenvalue weighted by atomic mass is 10.3. The largest absolute Gasteiger partial charge is 0.367 e. The molecule has 2 heterocycles. The van der Waals surface area contributed by atoms with Crippen molar-refractivity contribution in [3.63, 3.8) is 0 Å². The summed E-state index contributed by atoms with van der Waals surface area (Å²) in [5.74, 6) is 0.867. The molecular weight excluding hydrogens is 174 g/mol. The van der Waals surface area contributed by atoms with E-state index in [2.05, 4.69) is 15.3 Å². The van der Waals surface area contributed by atoms with Gasteiger partial charge in [-0.3, -0.25) is 9.98 Å². The molecule has 3 nitrogen and oxygen atoms in total. The van der Waals surface area contributed by atoms with E-state index in [4.69, 9.17) is 11.6 Å². The van der Waals surface area contributed by atoms with Crippen LogP contribution in [0, 0.1) is 0 Å². The Morgan fingerprint density at radius 2 is 2.33 bits per heavy atom. The summed E-state index contributed by atoms with van der Waals surface area (Å²) in [5, 5.41) is 3.79. The van der Waals surface area contributed by atoms with Crippen molar-refractivity contribution < 1.29 is 0 Å². The Bertz CT molecular complexity index is 305. The Morgan fingerprint density at radius 1 is 1.42 bits per heavy atom. The van der Waals surface area contributed by atoms with Gasteiger partial charge in [-0.25, -0.2) is 0 Å². The number of aliphatic imine (C=N–C) groups is 1. The molecule has 0 radical (unpaired) electrons. The molecule has 1 aromatic rings. The molecule has 0 aliphatic carbocycles. The summed E-state index contributed by atoms with van der Waals surface area (Å²) >= 11 is 5.70. The monoisotopic (exact) mass is 181 g/mol. The molecule has 0 unspecified atom stereocenters. The van der Waals surface area contributed by atoms with E-state index in [9.17, 15) is 0 Å². The zero-order valence-corrected chi connectivity index (χ0v) is 7.17. The SMILES string of the molecule is Clc1ccc(C2=NCCN2)nc1. The maximum Gasteiger partial charge on any atom is 0.147 e. The third-order valence-corrected chi connectivity index (χ3v) is 1.87. The zero-order valence-electron chi connectivity index (χ0n) is 6.42. The number of hydrogen-bond donors (Lipinski definition) is 1. The van der Waals surface area contributed by atoms with Gasteiger partial charge in [0.2, 0.25) is 0 Å². The number of rotatable bonds is 1. The Kier molecular flexibility index (Phi) is 1.96. The van der Waals surface area contributed by atoms with Crippen molar-refractivity contribution in [3.8, 4) is 0 Å². The van der Waals surface area contributed by atoms with Gasteiger partial charge in [0.25, 0.3) is 0 Å². The summed E-state index contributed by atoms with van der Waals surface area (Å²) in [7, 11) is 0. The maximum atomic E-state index is 5.70. The molecule has 0 bridgehead atoms. The number of amidine groups is 1.